The molecule has 1 heterocycles. The van der Waals surface area contributed by atoms with E-state index in [4.69, 9.17) is 9.47 Å². The van der Waals surface area contributed by atoms with Crippen molar-refractivity contribution in [3.05, 3.63) is 42.7 Å². The molecule has 0 atom stereocenters. The number of methoxy groups -OCH3 is 1. The van der Waals surface area contributed by atoms with Crippen LogP contribution in [0.1, 0.15) is 0 Å². The fourth-order valence-electron chi connectivity index (χ4n) is 1.24. The monoisotopic (exact) mass is 204 g/mol. The van der Waals surface area contributed by atoms with Crippen LogP contribution >= 0.6 is 0 Å². The van der Waals surface area contributed by atoms with E-state index in [1.54, 1.807) is 18.0 Å². The minimum absolute atomic E-state index is 0.265. The Morgan fingerprint density at radius 1 is 1.27 bits per heavy atom. The number of hydrogen-bond acceptors (Lipinski definition) is 3. The molecule has 0 aliphatic rings. The zero-order valence-corrected chi connectivity index (χ0v) is 8.46. The summed E-state index contributed by atoms with van der Waals surface area (Å²) in [6.45, 7) is 0.265. The molecule has 0 spiro atoms. The van der Waals surface area contributed by atoms with Gasteiger partial charge in [0, 0.05) is 19.5 Å². The van der Waals surface area contributed by atoms with Crippen LogP contribution < -0.4 is 4.74 Å². The zero-order valence-electron chi connectivity index (χ0n) is 8.46. The Balaban J connectivity index is 2.11. The second-order valence-electron chi connectivity index (χ2n) is 3.00. The Morgan fingerprint density at radius 2 is 2.07 bits per heavy atom. The van der Waals surface area contributed by atoms with E-state index in [2.05, 4.69) is 5.10 Å². The summed E-state index contributed by atoms with van der Waals surface area (Å²) < 4.78 is 11.9. The van der Waals surface area contributed by atoms with Crippen LogP contribution in [-0.2, 0) is 4.74 Å². The first-order valence-corrected chi connectivity index (χ1v) is 4.62. The van der Waals surface area contributed by atoms with Crippen molar-refractivity contribution in [3.63, 3.8) is 0 Å². The van der Waals surface area contributed by atoms with Crippen LogP contribution in [0.4, 0.5) is 0 Å². The van der Waals surface area contributed by atoms with Crippen LogP contribution in [0, 0.1) is 0 Å². The highest BCUT2D eigenvalue weighted by molar-refractivity contribution is 5.36. The first kappa shape index (κ1) is 9.73. The van der Waals surface area contributed by atoms with Crippen molar-refractivity contribution < 1.29 is 9.47 Å². The summed E-state index contributed by atoms with van der Waals surface area (Å²) in [5.74, 6) is 0.785. The summed E-state index contributed by atoms with van der Waals surface area (Å²) in [5, 5.41) is 4.13. The number of rotatable bonds is 4. The molecular weight excluding hydrogens is 192 g/mol. The molecule has 2 aromatic rings. The molecule has 0 radical (unpaired) electrons. The van der Waals surface area contributed by atoms with Gasteiger partial charge < -0.3 is 9.47 Å². The Bertz CT molecular complexity index is 395. The average molecular weight is 204 g/mol. The lowest BCUT2D eigenvalue weighted by atomic mass is 10.3. The molecule has 0 saturated carbocycles. The highest BCUT2D eigenvalue weighted by Crippen LogP contribution is 2.14. The molecule has 0 aliphatic carbocycles. The van der Waals surface area contributed by atoms with Crippen LogP contribution in [0.25, 0.3) is 5.69 Å². The molecule has 0 bridgehead atoms. The van der Waals surface area contributed by atoms with Crippen molar-refractivity contribution in [2.75, 3.05) is 13.9 Å². The van der Waals surface area contributed by atoms with E-state index in [0.717, 1.165) is 11.4 Å². The second kappa shape index (κ2) is 4.61. The van der Waals surface area contributed by atoms with Gasteiger partial charge in [0.05, 0.1) is 5.69 Å². The van der Waals surface area contributed by atoms with Crippen molar-refractivity contribution in [1.29, 1.82) is 0 Å². The molecule has 2 rings (SSSR count). The van der Waals surface area contributed by atoms with Gasteiger partial charge >= 0.3 is 0 Å². The summed E-state index contributed by atoms with van der Waals surface area (Å²) in [6.07, 6.45) is 3.64. The fraction of sp³-hybridized carbons (Fsp3) is 0.182. The van der Waals surface area contributed by atoms with Gasteiger partial charge in [-0.1, -0.05) is 0 Å². The van der Waals surface area contributed by atoms with E-state index >= 15 is 0 Å². The maximum Gasteiger partial charge on any atom is 0.188 e. The number of ether oxygens (including phenoxy) is 2. The van der Waals surface area contributed by atoms with E-state index in [1.165, 1.54) is 0 Å². The van der Waals surface area contributed by atoms with Crippen molar-refractivity contribution in [2.45, 2.75) is 0 Å². The zero-order chi connectivity index (χ0) is 10.5. The lowest BCUT2D eigenvalue weighted by molar-refractivity contribution is 0.0511. The molecule has 0 unspecified atom stereocenters. The maximum atomic E-state index is 5.28. The standard InChI is InChI=1S/C11H12N2O2/c1-14-9-15-11-5-3-10(4-6-11)13-8-2-7-12-13/h2-8H,9H2,1H3. The van der Waals surface area contributed by atoms with E-state index < -0.39 is 0 Å². The Hall–Kier alpha value is -1.81. The topological polar surface area (TPSA) is 36.3 Å². The number of benzene rings is 1. The molecule has 0 saturated heterocycles. The SMILES string of the molecule is COCOc1ccc(-n2cccn2)cc1. The minimum atomic E-state index is 0.265. The predicted molar refractivity (Wildman–Crippen MR) is 56.1 cm³/mol. The van der Waals surface area contributed by atoms with Gasteiger partial charge in [-0.3, -0.25) is 0 Å². The van der Waals surface area contributed by atoms with E-state index in [1.807, 2.05) is 36.5 Å². The number of nitrogens with zero attached hydrogens (tertiary/aromatic N) is 2. The van der Waals surface area contributed by atoms with Gasteiger partial charge in [0.2, 0.25) is 0 Å². The summed E-state index contributed by atoms with van der Waals surface area (Å²) in [4.78, 5) is 0. The first-order chi connectivity index (χ1) is 7.40. The molecule has 0 N–H and O–H groups in total. The maximum absolute atomic E-state index is 5.28. The molecule has 15 heavy (non-hydrogen) atoms. The fourth-order valence-corrected chi connectivity index (χ4v) is 1.24. The van der Waals surface area contributed by atoms with E-state index in [9.17, 15) is 0 Å². The number of aromatic nitrogens is 2. The van der Waals surface area contributed by atoms with E-state index in [-0.39, 0.29) is 6.79 Å². The largest absolute Gasteiger partial charge is 0.468 e. The normalized spacial score (nSPS) is 10.2. The lowest BCUT2D eigenvalue weighted by Gasteiger charge is -2.05. The van der Waals surface area contributed by atoms with Gasteiger partial charge in [0.15, 0.2) is 6.79 Å². The van der Waals surface area contributed by atoms with Gasteiger partial charge in [-0.05, 0) is 30.3 Å². The summed E-state index contributed by atoms with van der Waals surface area (Å²) >= 11 is 0. The van der Waals surface area contributed by atoms with Gasteiger partial charge in [-0.2, -0.15) is 5.10 Å². The van der Waals surface area contributed by atoms with Gasteiger partial charge in [0.25, 0.3) is 0 Å². The molecular formula is C11H12N2O2. The third kappa shape index (κ3) is 2.35. The molecule has 1 aromatic heterocycles. The quantitative estimate of drug-likeness (QED) is 0.713. The molecule has 0 amide bonds. The van der Waals surface area contributed by atoms with Crippen LogP contribution in [0.15, 0.2) is 42.7 Å². The van der Waals surface area contributed by atoms with Crippen LogP contribution in [0.3, 0.4) is 0 Å². The van der Waals surface area contributed by atoms with Gasteiger partial charge in [0.1, 0.15) is 5.75 Å². The molecule has 0 fully saturated rings. The van der Waals surface area contributed by atoms with Crippen molar-refractivity contribution in [2.24, 2.45) is 0 Å². The average Bonchev–Trinajstić information content (AvgIpc) is 2.80. The molecule has 0 aliphatic heterocycles. The number of hydrogen-bond donors (Lipinski definition) is 0. The summed E-state index contributed by atoms with van der Waals surface area (Å²) in [7, 11) is 1.60. The van der Waals surface area contributed by atoms with E-state index in [0.29, 0.717) is 0 Å². The van der Waals surface area contributed by atoms with Gasteiger partial charge in [-0.15, -0.1) is 0 Å². The Labute approximate surface area is 88.1 Å². The Morgan fingerprint density at radius 3 is 2.67 bits per heavy atom. The van der Waals surface area contributed by atoms with Crippen molar-refractivity contribution >= 4 is 0 Å². The summed E-state index contributed by atoms with van der Waals surface area (Å²) in [6, 6.07) is 9.54. The predicted octanol–water partition coefficient (Wildman–Crippen LogP) is 1.85. The lowest BCUT2D eigenvalue weighted by Crippen LogP contribution is -1.99. The molecule has 4 heteroatoms. The van der Waals surface area contributed by atoms with Crippen molar-refractivity contribution in [3.8, 4) is 11.4 Å². The Kier molecular flexibility index (Phi) is 2.99. The second-order valence-corrected chi connectivity index (χ2v) is 3.00. The highest BCUT2D eigenvalue weighted by Gasteiger charge is 1.96. The molecule has 1 aromatic carbocycles. The molecule has 4 nitrogen and oxygen atoms in total. The first-order valence-electron chi connectivity index (χ1n) is 4.62. The minimum Gasteiger partial charge on any atom is -0.468 e. The highest BCUT2D eigenvalue weighted by atomic mass is 16.7. The smallest absolute Gasteiger partial charge is 0.188 e. The van der Waals surface area contributed by atoms with Gasteiger partial charge in [-0.25, -0.2) is 4.68 Å². The summed E-state index contributed by atoms with van der Waals surface area (Å²) in [5.41, 5.74) is 1.00. The third-order valence-corrected chi connectivity index (χ3v) is 1.95. The van der Waals surface area contributed by atoms with Crippen LogP contribution in [0.2, 0.25) is 0 Å². The van der Waals surface area contributed by atoms with Crippen LogP contribution in [0.5, 0.6) is 5.75 Å². The molecule has 78 valence electrons. The van der Waals surface area contributed by atoms with Crippen molar-refractivity contribution in [1.82, 2.24) is 9.78 Å². The third-order valence-electron chi connectivity index (χ3n) is 1.95. The van der Waals surface area contributed by atoms with Crippen LogP contribution in [-0.4, -0.2) is 23.7 Å².